The van der Waals surface area contributed by atoms with E-state index in [1.807, 2.05) is 32.9 Å². The molecule has 1 aliphatic rings. The van der Waals surface area contributed by atoms with Crippen LogP contribution in [0.3, 0.4) is 0 Å². The minimum Gasteiger partial charge on any atom is -0.462 e. The first-order chi connectivity index (χ1) is 12.1. The number of allylic oxidation sites excluding steroid dienone is 3. The summed E-state index contributed by atoms with van der Waals surface area (Å²) in [6.45, 7) is 9.29. The Kier molecular flexibility index (Phi) is 8.79. The van der Waals surface area contributed by atoms with Crippen molar-refractivity contribution in [2.24, 2.45) is 0 Å². The van der Waals surface area contributed by atoms with Crippen molar-refractivity contribution < 1.29 is 24.2 Å². The fraction of sp³-hybridized carbons (Fsp3) is 0.619. The summed E-state index contributed by atoms with van der Waals surface area (Å²) < 4.78 is 10.5. The van der Waals surface area contributed by atoms with Crippen LogP contribution in [0.15, 0.2) is 34.9 Å². The van der Waals surface area contributed by atoms with Gasteiger partial charge in [-0.3, -0.25) is 4.79 Å². The third-order valence-electron chi connectivity index (χ3n) is 4.45. The van der Waals surface area contributed by atoms with Gasteiger partial charge in [0.1, 0.15) is 18.3 Å². The van der Waals surface area contributed by atoms with Gasteiger partial charge in [0.15, 0.2) is 0 Å². The summed E-state index contributed by atoms with van der Waals surface area (Å²) in [4.78, 5) is 23.2. The summed E-state index contributed by atoms with van der Waals surface area (Å²) in [7, 11) is 0. The first kappa shape index (κ1) is 22.2. The van der Waals surface area contributed by atoms with Crippen LogP contribution in [0.1, 0.15) is 66.7 Å². The Hall–Kier alpha value is -1.88. The molecule has 1 aliphatic heterocycles. The van der Waals surface area contributed by atoms with Gasteiger partial charge in [-0.15, -0.1) is 0 Å². The van der Waals surface area contributed by atoms with Crippen LogP contribution in [0.4, 0.5) is 0 Å². The van der Waals surface area contributed by atoms with Crippen LogP contribution >= 0.6 is 0 Å². The number of carbonyl (C=O) groups excluding carboxylic acids is 2. The van der Waals surface area contributed by atoms with Crippen molar-refractivity contribution in [1.29, 1.82) is 0 Å². The molecule has 0 saturated carbocycles. The van der Waals surface area contributed by atoms with Crippen molar-refractivity contribution >= 4 is 11.9 Å². The molecule has 1 rings (SSSR count). The molecular formula is C21H32O5. The Morgan fingerprint density at radius 1 is 1.35 bits per heavy atom. The van der Waals surface area contributed by atoms with E-state index >= 15 is 0 Å². The molecule has 5 nitrogen and oxygen atoms in total. The molecule has 0 aromatic carbocycles. The van der Waals surface area contributed by atoms with Gasteiger partial charge < -0.3 is 14.6 Å². The van der Waals surface area contributed by atoms with E-state index in [2.05, 4.69) is 6.08 Å². The van der Waals surface area contributed by atoms with E-state index < -0.39 is 11.7 Å². The average molecular weight is 364 g/mol. The van der Waals surface area contributed by atoms with Crippen molar-refractivity contribution in [3.63, 3.8) is 0 Å². The van der Waals surface area contributed by atoms with Gasteiger partial charge in [-0.25, -0.2) is 4.79 Å². The second kappa shape index (κ2) is 10.3. The quantitative estimate of drug-likeness (QED) is 0.520. The lowest BCUT2D eigenvalue weighted by Crippen LogP contribution is -2.40. The lowest BCUT2D eigenvalue weighted by Gasteiger charge is -2.30. The predicted molar refractivity (Wildman–Crippen MR) is 101 cm³/mol. The highest BCUT2D eigenvalue weighted by atomic mass is 16.6. The third-order valence-corrected chi connectivity index (χ3v) is 4.45. The Morgan fingerprint density at radius 2 is 2.04 bits per heavy atom. The molecule has 146 valence electrons. The number of ether oxygens (including phenoxy) is 2. The molecule has 2 unspecified atom stereocenters. The maximum absolute atomic E-state index is 12.4. The van der Waals surface area contributed by atoms with E-state index in [-0.39, 0.29) is 18.5 Å². The zero-order valence-corrected chi connectivity index (χ0v) is 16.6. The molecule has 26 heavy (non-hydrogen) atoms. The maximum Gasteiger partial charge on any atom is 0.334 e. The molecular weight excluding hydrogens is 332 g/mol. The highest BCUT2D eigenvalue weighted by Crippen LogP contribution is 2.29. The molecule has 0 saturated heterocycles. The summed E-state index contributed by atoms with van der Waals surface area (Å²) in [5.74, 6) is -0.655. The molecule has 0 bridgehead atoms. The minimum atomic E-state index is -1.09. The largest absolute Gasteiger partial charge is 0.462 e. The number of cyclic esters (lactones) is 1. The predicted octanol–water partition coefficient (Wildman–Crippen LogP) is 4.02. The van der Waals surface area contributed by atoms with Gasteiger partial charge in [-0.05, 0) is 65.9 Å². The molecule has 1 N–H and O–H groups in total. The second-order valence-corrected chi connectivity index (χ2v) is 7.40. The summed E-state index contributed by atoms with van der Waals surface area (Å²) in [6, 6.07) is 0. The number of hydrogen-bond donors (Lipinski definition) is 1. The van der Waals surface area contributed by atoms with Crippen molar-refractivity contribution in [1.82, 2.24) is 0 Å². The van der Waals surface area contributed by atoms with Crippen molar-refractivity contribution in [2.45, 2.75) is 78.4 Å². The molecule has 2 atom stereocenters. The average Bonchev–Trinajstić information content (AvgIpc) is 2.63. The SMILES string of the molecule is CC(=O)OCC=C(C)CCC1OC(=O)C(CCC=C(C)C)=CCC1(C)O. The van der Waals surface area contributed by atoms with Gasteiger partial charge in [-0.1, -0.05) is 23.3 Å². The van der Waals surface area contributed by atoms with Crippen LogP contribution in [0.5, 0.6) is 0 Å². The Morgan fingerprint density at radius 3 is 2.65 bits per heavy atom. The first-order valence-electron chi connectivity index (χ1n) is 9.16. The van der Waals surface area contributed by atoms with E-state index in [0.29, 0.717) is 31.3 Å². The number of rotatable bonds is 8. The molecule has 0 amide bonds. The van der Waals surface area contributed by atoms with E-state index in [9.17, 15) is 14.7 Å². The molecule has 0 aliphatic carbocycles. The van der Waals surface area contributed by atoms with Crippen LogP contribution in [0.25, 0.3) is 0 Å². The Bertz CT molecular complexity index is 592. The van der Waals surface area contributed by atoms with E-state index in [1.54, 1.807) is 6.92 Å². The number of carbonyl (C=O) groups is 2. The number of aliphatic hydroxyl groups is 1. The van der Waals surface area contributed by atoms with Crippen LogP contribution in [-0.4, -0.2) is 35.4 Å². The zero-order valence-electron chi connectivity index (χ0n) is 16.6. The third kappa shape index (κ3) is 8.00. The summed E-state index contributed by atoms with van der Waals surface area (Å²) in [5.41, 5.74) is 1.78. The van der Waals surface area contributed by atoms with Gasteiger partial charge in [-0.2, -0.15) is 0 Å². The Labute approximate surface area is 156 Å². The maximum atomic E-state index is 12.4. The summed E-state index contributed by atoms with van der Waals surface area (Å²) in [6.07, 6.45) is 8.14. The zero-order chi connectivity index (χ0) is 19.7. The fourth-order valence-corrected chi connectivity index (χ4v) is 2.73. The van der Waals surface area contributed by atoms with Crippen LogP contribution in [0.2, 0.25) is 0 Å². The first-order valence-corrected chi connectivity index (χ1v) is 9.16. The number of hydrogen-bond acceptors (Lipinski definition) is 5. The van der Waals surface area contributed by atoms with Crippen LogP contribution in [0, 0.1) is 0 Å². The van der Waals surface area contributed by atoms with Crippen molar-refractivity contribution in [3.05, 3.63) is 34.9 Å². The van der Waals surface area contributed by atoms with Crippen LogP contribution in [-0.2, 0) is 19.1 Å². The Balaban J connectivity index is 2.64. The van der Waals surface area contributed by atoms with E-state index in [1.165, 1.54) is 12.5 Å². The normalized spacial score (nSPS) is 23.6. The van der Waals surface area contributed by atoms with E-state index in [4.69, 9.17) is 9.47 Å². The molecule has 0 aromatic heterocycles. The van der Waals surface area contributed by atoms with E-state index in [0.717, 1.165) is 12.0 Å². The highest BCUT2D eigenvalue weighted by molar-refractivity contribution is 5.89. The van der Waals surface area contributed by atoms with Crippen molar-refractivity contribution in [2.75, 3.05) is 6.61 Å². The molecule has 0 fully saturated rings. The summed E-state index contributed by atoms with van der Waals surface area (Å²) in [5, 5.41) is 10.7. The molecule has 1 heterocycles. The smallest absolute Gasteiger partial charge is 0.334 e. The van der Waals surface area contributed by atoms with Gasteiger partial charge in [0.2, 0.25) is 0 Å². The van der Waals surface area contributed by atoms with Crippen molar-refractivity contribution in [3.8, 4) is 0 Å². The van der Waals surface area contributed by atoms with Gasteiger partial charge in [0.25, 0.3) is 0 Å². The molecule has 0 radical (unpaired) electrons. The number of esters is 2. The lowest BCUT2D eigenvalue weighted by atomic mass is 9.90. The van der Waals surface area contributed by atoms with Gasteiger partial charge >= 0.3 is 11.9 Å². The van der Waals surface area contributed by atoms with Gasteiger partial charge in [0.05, 0.1) is 0 Å². The van der Waals surface area contributed by atoms with Crippen LogP contribution < -0.4 is 0 Å². The van der Waals surface area contributed by atoms with Gasteiger partial charge in [0, 0.05) is 12.5 Å². The molecule has 0 spiro atoms. The fourth-order valence-electron chi connectivity index (χ4n) is 2.73. The second-order valence-electron chi connectivity index (χ2n) is 7.40. The standard InChI is InChI=1S/C21H32O5/c1-15(2)7-6-8-18-11-13-21(5,24)19(26-20(18)23)10-9-16(3)12-14-25-17(4)22/h7,11-12,19,24H,6,8-10,13-14H2,1-5H3. The molecule has 5 heteroatoms. The lowest BCUT2D eigenvalue weighted by molar-refractivity contribution is -0.157. The highest BCUT2D eigenvalue weighted by Gasteiger charge is 2.37. The minimum absolute atomic E-state index is 0.234. The summed E-state index contributed by atoms with van der Waals surface area (Å²) >= 11 is 0. The monoisotopic (exact) mass is 364 g/mol. The topological polar surface area (TPSA) is 72.8 Å². The molecule has 0 aromatic rings.